The Hall–Kier alpha value is -2.10. The van der Waals surface area contributed by atoms with Crippen LogP contribution in [0.2, 0.25) is 0 Å². The van der Waals surface area contributed by atoms with E-state index in [1.807, 2.05) is 0 Å². The number of nitrogens with zero attached hydrogens (tertiary/aromatic N) is 2. The number of imidazole rings is 1. The molecule has 1 N–H and O–H groups in total. The highest BCUT2D eigenvalue weighted by atomic mass is 16.1. The predicted octanol–water partition coefficient (Wildman–Crippen LogP) is 2.05. The van der Waals surface area contributed by atoms with E-state index in [2.05, 4.69) is 46.5 Å². The lowest BCUT2D eigenvalue weighted by atomic mass is 9.89. The SMILES string of the molecule is C=CCNC(=O)C1CCc2nc3cc(C)ccn3c2C1. The third-order valence-electron chi connectivity index (χ3n) is 3.92. The first-order chi connectivity index (χ1) is 9.69. The number of nitrogens with one attached hydrogen (secondary N) is 1. The second kappa shape index (κ2) is 5.12. The summed E-state index contributed by atoms with van der Waals surface area (Å²) < 4.78 is 2.12. The highest BCUT2D eigenvalue weighted by Gasteiger charge is 2.27. The van der Waals surface area contributed by atoms with E-state index in [0.717, 1.165) is 30.6 Å². The molecule has 104 valence electrons. The average Bonchev–Trinajstić information content (AvgIpc) is 2.81. The van der Waals surface area contributed by atoms with E-state index in [1.165, 1.54) is 11.3 Å². The number of fused-ring (bicyclic) bond motifs is 3. The highest BCUT2D eigenvalue weighted by molar-refractivity contribution is 5.79. The van der Waals surface area contributed by atoms with Crippen LogP contribution in [0.3, 0.4) is 0 Å². The number of amides is 1. The second-order valence-corrected chi connectivity index (χ2v) is 5.41. The van der Waals surface area contributed by atoms with Gasteiger partial charge in [0.25, 0.3) is 0 Å². The zero-order chi connectivity index (χ0) is 14.1. The molecular formula is C16H19N3O. The molecule has 1 aliphatic rings. The molecule has 0 saturated carbocycles. The number of hydrogen-bond donors (Lipinski definition) is 1. The van der Waals surface area contributed by atoms with E-state index in [0.29, 0.717) is 6.54 Å². The molecule has 1 amide bonds. The molecule has 0 spiro atoms. The monoisotopic (exact) mass is 269 g/mol. The van der Waals surface area contributed by atoms with Gasteiger partial charge in [0.15, 0.2) is 0 Å². The largest absolute Gasteiger partial charge is 0.352 e. The minimum Gasteiger partial charge on any atom is -0.352 e. The standard InChI is InChI=1S/C16H19N3O/c1-3-7-17-16(20)12-4-5-13-14(10-12)19-8-6-11(2)9-15(19)18-13/h3,6,8-9,12H,1,4-5,7,10H2,2H3,(H,17,20). The van der Waals surface area contributed by atoms with Crippen molar-refractivity contribution in [2.24, 2.45) is 5.92 Å². The van der Waals surface area contributed by atoms with Crippen LogP contribution in [0.5, 0.6) is 0 Å². The maximum atomic E-state index is 12.1. The van der Waals surface area contributed by atoms with Crippen LogP contribution in [0.4, 0.5) is 0 Å². The number of carbonyl (C=O) groups excluding carboxylic acids is 1. The van der Waals surface area contributed by atoms with Gasteiger partial charge < -0.3 is 9.72 Å². The highest BCUT2D eigenvalue weighted by Crippen LogP contribution is 2.26. The van der Waals surface area contributed by atoms with Crippen LogP contribution in [0.1, 0.15) is 23.4 Å². The smallest absolute Gasteiger partial charge is 0.223 e. The lowest BCUT2D eigenvalue weighted by Gasteiger charge is -2.21. The molecule has 0 aliphatic heterocycles. The Morgan fingerprint density at radius 1 is 1.65 bits per heavy atom. The molecule has 0 fully saturated rings. The Balaban J connectivity index is 1.88. The number of aromatic nitrogens is 2. The summed E-state index contributed by atoms with van der Waals surface area (Å²) in [6, 6.07) is 4.17. The van der Waals surface area contributed by atoms with Gasteiger partial charge in [0, 0.05) is 30.8 Å². The lowest BCUT2D eigenvalue weighted by molar-refractivity contribution is -0.125. The van der Waals surface area contributed by atoms with Crippen molar-refractivity contribution < 1.29 is 4.79 Å². The van der Waals surface area contributed by atoms with Crippen LogP contribution >= 0.6 is 0 Å². The van der Waals surface area contributed by atoms with Gasteiger partial charge in [-0.15, -0.1) is 6.58 Å². The molecule has 1 aliphatic carbocycles. The zero-order valence-electron chi connectivity index (χ0n) is 11.7. The van der Waals surface area contributed by atoms with Crippen molar-refractivity contribution in [2.45, 2.75) is 26.2 Å². The van der Waals surface area contributed by atoms with Gasteiger partial charge in [-0.3, -0.25) is 4.79 Å². The Bertz CT molecular complexity index is 672. The van der Waals surface area contributed by atoms with Gasteiger partial charge in [0.05, 0.1) is 5.69 Å². The minimum atomic E-state index is 0.0450. The first-order valence-corrected chi connectivity index (χ1v) is 7.04. The third-order valence-corrected chi connectivity index (χ3v) is 3.92. The maximum absolute atomic E-state index is 12.1. The average molecular weight is 269 g/mol. The molecule has 0 saturated heterocycles. The van der Waals surface area contributed by atoms with Crippen LogP contribution < -0.4 is 5.32 Å². The van der Waals surface area contributed by atoms with E-state index < -0.39 is 0 Å². The van der Waals surface area contributed by atoms with Crippen molar-refractivity contribution in [3.05, 3.63) is 47.9 Å². The van der Waals surface area contributed by atoms with Gasteiger partial charge in [-0.25, -0.2) is 4.98 Å². The second-order valence-electron chi connectivity index (χ2n) is 5.41. The molecule has 2 aromatic rings. The molecule has 2 heterocycles. The molecule has 1 atom stereocenters. The Morgan fingerprint density at radius 2 is 2.50 bits per heavy atom. The fraction of sp³-hybridized carbons (Fsp3) is 0.375. The summed E-state index contributed by atoms with van der Waals surface area (Å²) in [4.78, 5) is 16.8. The van der Waals surface area contributed by atoms with Crippen LogP contribution in [0, 0.1) is 12.8 Å². The van der Waals surface area contributed by atoms with Crippen molar-refractivity contribution in [2.75, 3.05) is 6.54 Å². The Labute approximate surface area is 118 Å². The topological polar surface area (TPSA) is 46.4 Å². The van der Waals surface area contributed by atoms with Crippen LogP contribution in [0.15, 0.2) is 31.0 Å². The summed E-state index contributed by atoms with van der Waals surface area (Å²) in [6.07, 6.45) is 6.29. The van der Waals surface area contributed by atoms with Gasteiger partial charge in [-0.2, -0.15) is 0 Å². The maximum Gasteiger partial charge on any atom is 0.223 e. The zero-order valence-corrected chi connectivity index (χ0v) is 11.7. The van der Waals surface area contributed by atoms with Gasteiger partial charge in [0.2, 0.25) is 5.91 Å². The fourth-order valence-corrected chi connectivity index (χ4v) is 2.85. The van der Waals surface area contributed by atoms with E-state index in [4.69, 9.17) is 0 Å². The minimum absolute atomic E-state index is 0.0450. The summed E-state index contributed by atoms with van der Waals surface area (Å²) in [5.41, 5.74) is 4.52. The molecular weight excluding hydrogens is 250 g/mol. The first-order valence-electron chi connectivity index (χ1n) is 7.04. The van der Waals surface area contributed by atoms with Gasteiger partial charge in [-0.05, 0) is 37.5 Å². The van der Waals surface area contributed by atoms with Gasteiger partial charge in [0.1, 0.15) is 5.65 Å². The quantitative estimate of drug-likeness (QED) is 0.867. The molecule has 3 rings (SSSR count). The number of rotatable bonds is 3. The van der Waals surface area contributed by atoms with E-state index in [1.54, 1.807) is 6.08 Å². The van der Waals surface area contributed by atoms with E-state index in [9.17, 15) is 4.79 Å². The first kappa shape index (κ1) is 12.9. The fourth-order valence-electron chi connectivity index (χ4n) is 2.85. The molecule has 4 nitrogen and oxygen atoms in total. The molecule has 0 aromatic carbocycles. The summed E-state index contributed by atoms with van der Waals surface area (Å²) in [5, 5.41) is 2.90. The number of carbonyl (C=O) groups is 1. The number of hydrogen-bond acceptors (Lipinski definition) is 2. The van der Waals surface area contributed by atoms with E-state index in [-0.39, 0.29) is 11.8 Å². The van der Waals surface area contributed by atoms with Crippen molar-refractivity contribution in [3.63, 3.8) is 0 Å². The third kappa shape index (κ3) is 2.22. The van der Waals surface area contributed by atoms with Crippen LogP contribution in [0.25, 0.3) is 5.65 Å². The lowest BCUT2D eigenvalue weighted by Crippen LogP contribution is -2.34. The Kier molecular flexibility index (Phi) is 3.30. The van der Waals surface area contributed by atoms with Crippen LogP contribution in [-0.4, -0.2) is 21.8 Å². The summed E-state index contributed by atoms with van der Waals surface area (Å²) in [6.45, 7) is 6.23. The summed E-state index contributed by atoms with van der Waals surface area (Å²) in [5.74, 6) is 0.168. The van der Waals surface area contributed by atoms with Crippen molar-refractivity contribution in [3.8, 4) is 0 Å². The molecule has 0 radical (unpaired) electrons. The predicted molar refractivity (Wildman–Crippen MR) is 78.7 cm³/mol. The summed E-state index contributed by atoms with van der Waals surface area (Å²) >= 11 is 0. The summed E-state index contributed by atoms with van der Waals surface area (Å²) in [7, 11) is 0. The number of aryl methyl sites for hydroxylation is 2. The molecule has 20 heavy (non-hydrogen) atoms. The van der Waals surface area contributed by atoms with Crippen molar-refractivity contribution in [1.29, 1.82) is 0 Å². The van der Waals surface area contributed by atoms with Crippen molar-refractivity contribution >= 4 is 11.6 Å². The Morgan fingerprint density at radius 3 is 3.30 bits per heavy atom. The van der Waals surface area contributed by atoms with Gasteiger partial charge in [-0.1, -0.05) is 6.08 Å². The molecule has 1 unspecified atom stereocenters. The number of pyridine rings is 1. The van der Waals surface area contributed by atoms with E-state index >= 15 is 0 Å². The van der Waals surface area contributed by atoms with Gasteiger partial charge >= 0.3 is 0 Å². The van der Waals surface area contributed by atoms with Crippen LogP contribution in [-0.2, 0) is 17.6 Å². The molecule has 0 bridgehead atoms. The molecule has 2 aromatic heterocycles. The normalized spacial score (nSPS) is 17.8. The molecule has 4 heteroatoms. The van der Waals surface area contributed by atoms with Crippen molar-refractivity contribution in [1.82, 2.24) is 14.7 Å².